The number of anilines is 1. The van der Waals surface area contributed by atoms with Crippen molar-refractivity contribution in [1.82, 2.24) is 4.98 Å². The van der Waals surface area contributed by atoms with Gasteiger partial charge in [-0.25, -0.2) is 0 Å². The van der Waals surface area contributed by atoms with E-state index in [9.17, 15) is 0 Å². The van der Waals surface area contributed by atoms with Crippen LogP contribution < -0.4 is 10.6 Å². The van der Waals surface area contributed by atoms with Crippen LogP contribution in [0.15, 0.2) is 23.5 Å². The van der Waals surface area contributed by atoms with Crippen LogP contribution in [0.25, 0.3) is 0 Å². The maximum absolute atomic E-state index is 8.74. The fourth-order valence-electron chi connectivity index (χ4n) is 2.76. The van der Waals surface area contributed by atoms with E-state index in [-0.39, 0.29) is 5.84 Å². The highest BCUT2D eigenvalue weighted by molar-refractivity contribution is 5.95. The van der Waals surface area contributed by atoms with Crippen molar-refractivity contribution in [3.8, 4) is 0 Å². The zero-order valence-electron chi connectivity index (χ0n) is 11.4. The minimum absolute atomic E-state index is 0.0610. The topological polar surface area (TPSA) is 74.7 Å². The van der Waals surface area contributed by atoms with Crippen LogP contribution in [-0.2, 0) is 0 Å². The molecule has 0 aromatic carbocycles. The van der Waals surface area contributed by atoms with Crippen LogP contribution in [0.3, 0.4) is 0 Å². The van der Waals surface area contributed by atoms with Gasteiger partial charge in [0.1, 0.15) is 5.69 Å². The summed E-state index contributed by atoms with van der Waals surface area (Å²) in [5.41, 5.74) is 7.25. The zero-order chi connectivity index (χ0) is 13.7. The lowest BCUT2D eigenvalue weighted by Gasteiger charge is -2.37. The van der Waals surface area contributed by atoms with Crippen LogP contribution in [-0.4, -0.2) is 28.6 Å². The Morgan fingerprint density at radius 1 is 1.58 bits per heavy atom. The number of nitrogens with two attached hydrogens (primary N) is 1. The van der Waals surface area contributed by atoms with Crippen LogP contribution in [0.2, 0.25) is 0 Å². The highest BCUT2D eigenvalue weighted by Gasteiger charge is 2.22. The molecule has 2 rings (SSSR count). The Hall–Kier alpha value is -1.78. The number of rotatable bonds is 4. The standard InChI is InChI=1S/C14H22N4O/c1-2-5-11-6-3-4-9-18(11)12-7-8-16-13(10-12)14(15)17-19/h7-8,10-11,19H,2-6,9H2,1H3,(H2,15,17). The van der Waals surface area contributed by atoms with Gasteiger partial charge in [-0.1, -0.05) is 18.5 Å². The fraction of sp³-hybridized carbons (Fsp3) is 0.571. The predicted octanol–water partition coefficient (Wildman–Crippen LogP) is 2.34. The molecule has 0 aliphatic carbocycles. The van der Waals surface area contributed by atoms with Gasteiger partial charge in [-0.05, 0) is 37.8 Å². The van der Waals surface area contributed by atoms with Gasteiger partial charge in [0, 0.05) is 24.5 Å². The highest BCUT2D eigenvalue weighted by Crippen LogP contribution is 2.27. The second kappa shape index (κ2) is 6.41. The molecule has 1 aromatic heterocycles. The van der Waals surface area contributed by atoms with Crippen molar-refractivity contribution < 1.29 is 5.21 Å². The first-order valence-corrected chi connectivity index (χ1v) is 6.97. The number of amidine groups is 1. The molecule has 104 valence electrons. The van der Waals surface area contributed by atoms with Crippen LogP contribution in [0.4, 0.5) is 5.69 Å². The van der Waals surface area contributed by atoms with Crippen molar-refractivity contribution in [3.63, 3.8) is 0 Å². The predicted molar refractivity (Wildman–Crippen MR) is 76.6 cm³/mol. The summed E-state index contributed by atoms with van der Waals surface area (Å²) in [6.45, 7) is 3.30. The molecule has 1 aromatic rings. The maximum Gasteiger partial charge on any atom is 0.188 e. The lowest BCUT2D eigenvalue weighted by molar-refractivity contribution is 0.318. The molecular weight excluding hydrogens is 240 g/mol. The lowest BCUT2D eigenvalue weighted by Crippen LogP contribution is -2.39. The first-order chi connectivity index (χ1) is 9.26. The summed E-state index contributed by atoms with van der Waals surface area (Å²) >= 11 is 0. The smallest absolute Gasteiger partial charge is 0.188 e. The molecule has 1 unspecified atom stereocenters. The molecular formula is C14H22N4O. The molecule has 19 heavy (non-hydrogen) atoms. The first kappa shape index (κ1) is 13.6. The Morgan fingerprint density at radius 2 is 2.42 bits per heavy atom. The molecule has 0 amide bonds. The molecule has 1 aliphatic rings. The number of aromatic nitrogens is 1. The Balaban J connectivity index is 2.23. The third kappa shape index (κ3) is 3.16. The molecule has 0 radical (unpaired) electrons. The summed E-state index contributed by atoms with van der Waals surface area (Å²) in [7, 11) is 0. The van der Waals surface area contributed by atoms with E-state index >= 15 is 0 Å². The van der Waals surface area contributed by atoms with Gasteiger partial charge in [-0.3, -0.25) is 4.98 Å². The van der Waals surface area contributed by atoms with Gasteiger partial charge >= 0.3 is 0 Å². The first-order valence-electron chi connectivity index (χ1n) is 6.97. The van der Waals surface area contributed by atoms with Crippen molar-refractivity contribution in [1.29, 1.82) is 0 Å². The number of hydrogen-bond donors (Lipinski definition) is 2. The van der Waals surface area contributed by atoms with Gasteiger partial charge in [-0.15, -0.1) is 0 Å². The lowest BCUT2D eigenvalue weighted by atomic mass is 9.97. The van der Waals surface area contributed by atoms with E-state index in [2.05, 4.69) is 22.0 Å². The molecule has 0 spiro atoms. The molecule has 1 atom stereocenters. The monoisotopic (exact) mass is 262 g/mol. The molecule has 5 heteroatoms. The fourth-order valence-corrected chi connectivity index (χ4v) is 2.76. The summed E-state index contributed by atoms with van der Waals surface area (Å²) in [6.07, 6.45) is 7.90. The van der Waals surface area contributed by atoms with E-state index in [0.29, 0.717) is 11.7 Å². The van der Waals surface area contributed by atoms with Crippen LogP contribution in [0.5, 0.6) is 0 Å². The van der Waals surface area contributed by atoms with Crippen LogP contribution >= 0.6 is 0 Å². The van der Waals surface area contributed by atoms with Gasteiger partial charge in [0.05, 0.1) is 0 Å². The van der Waals surface area contributed by atoms with Crippen molar-refractivity contribution in [2.45, 2.75) is 45.1 Å². The number of hydrogen-bond acceptors (Lipinski definition) is 4. The second-order valence-electron chi connectivity index (χ2n) is 5.02. The maximum atomic E-state index is 8.74. The average molecular weight is 262 g/mol. The number of oxime groups is 1. The minimum Gasteiger partial charge on any atom is -0.409 e. The van der Waals surface area contributed by atoms with Gasteiger partial charge in [0.15, 0.2) is 5.84 Å². The zero-order valence-corrected chi connectivity index (χ0v) is 11.4. The Kier molecular flexibility index (Phi) is 4.60. The van der Waals surface area contributed by atoms with Gasteiger partial charge in [0.2, 0.25) is 0 Å². The average Bonchev–Trinajstić information content (AvgIpc) is 2.47. The van der Waals surface area contributed by atoms with E-state index in [1.807, 2.05) is 12.1 Å². The van der Waals surface area contributed by atoms with Crippen molar-refractivity contribution in [2.75, 3.05) is 11.4 Å². The van der Waals surface area contributed by atoms with E-state index in [1.54, 1.807) is 6.20 Å². The van der Waals surface area contributed by atoms with Gasteiger partial charge in [0.25, 0.3) is 0 Å². The van der Waals surface area contributed by atoms with E-state index in [1.165, 1.54) is 32.1 Å². The highest BCUT2D eigenvalue weighted by atomic mass is 16.4. The van der Waals surface area contributed by atoms with E-state index in [0.717, 1.165) is 12.2 Å². The summed E-state index contributed by atoms with van der Waals surface area (Å²) in [4.78, 5) is 6.57. The summed E-state index contributed by atoms with van der Waals surface area (Å²) < 4.78 is 0. The van der Waals surface area contributed by atoms with E-state index < -0.39 is 0 Å². The molecule has 1 saturated heterocycles. The van der Waals surface area contributed by atoms with Crippen molar-refractivity contribution in [3.05, 3.63) is 24.0 Å². The van der Waals surface area contributed by atoms with Crippen LogP contribution in [0, 0.1) is 0 Å². The molecule has 3 N–H and O–H groups in total. The third-order valence-electron chi connectivity index (χ3n) is 3.69. The quantitative estimate of drug-likeness (QED) is 0.378. The minimum atomic E-state index is 0.0610. The third-order valence-corrected chi connectivity index (χ3v) is 3.69. The van der Waals surface area contributed by atoms with Gasteiger partial charge in [-0.2, -0.15) is 0 Å². The molecule has 0 bridgehead atoms. The molecule has 2 heterocycles. The Morgan fingerprint density at radius 3 is 3.16 bits per heavy atom. The van der Waals surface area contributed by atoms with Crippen molar-refractivity contribution in [2.24, 2.45) is 10.9 Å². The number of pyridine rings is 1. The molecule has 1 aliphatic heterocycles. The molecule has 1 fully saturated rings. The SMILES string of the molecule is CCCC1CCCCN1c1ccnc(/C(N)=N/O)c1. The summed E-state index contributed by atoms with van der Waals surface area (Å²) in [5, 5.41) is 11.7. The van der Waals surface area contributed by atoms with E-state index in [4.69, 9.17) is 10.9 Å². The number of nitrogens with zero attached hydrogens (tertiary/aromatic N) is 3. The largest absolute Gasteiger partial charge is 0.409 e. The second-order valence-corrected chi connectivity index (χ2v) is 5.02. The van der Waals surface area contributed by atoms with Crippen molar-refractivity contribution >= 4 is 11.5 Å². The Labute approximate surface area is 114 Å². The number of piperidine rings is 1. The normalized spacial score (nSPS) is 20.6. The Bertz CT molecular complexity index is 445. The van der Waals surface area contributed by atoms with Crippen LogP contribution in [0.1, 0.15) is 44.7 Å². The summed E-state index contributed by atoms with van der Waals surface area (Å²) in [5.74, 6) is 0.0610. The molecule has 0 saturated carbocycles. The summed E-state index contributed by atoms with van der Waals surface area (Å²) in [6, 6.07) is 4.51. The van der Waals surface area contributed by atoms with Gasteiger partial charge < -0.3 is 15.8 Å². The molecule has 5 nitrogen and oxygen atoms in total.